The molecule has 6 heteroatoms. The molecule has 1 rings (SSSR count). The molecule has 1 fully saturated rings. The minimum Gasteiger partial charge on any atom is -0.396 e. The molecule has 96 valence electrons. The van der Waals surface area contributed by atoms with E-state index in [1.807, 2.05) is 0 Å². The molecule has 16 heavy (non-hydrogen) atoms. The molecule has 1 atom stereocenters. The summed E-state index contributed by atoms with van der Waals surface area (Å²) in [5.74, 6) is 0. The van der Waals surface area contributed by atoms with Crippen molar-refractivity contribution in [2.45, 2.75) is 43.4 Å². The van der Waals surface area contributed by atoms with Crippen molar-refractivity contribution in [1.82, 2.24) is 4.72 Å². The lowest BCUT2D eigenvalue weighted by atomic mass is 10.2. The van der Waals surface area contributed by atoms with Crippen LogP contribution in [0, 0.1) is 0 Å². The minimum atomic E-state index is -3.24. The molecule has 0 aliphatic heterocycles. The fraction of sp³-hybridized carbons (Fsp3) is 1.00. The topological polar surface area (TPSA) is 75.6 Å². The van der Waals surface area contributed by atoms with Gasteiger partial charge in [0.15, 0.2) is 0 Å². The number of aliphatic hydroxyl groups excluding tert-OH is 1. The number of rotatable bonds is 7. The van der Waals surface area contributed by atoms with Crippen molar-refractivity contribution in [2.75, 3.05) is 20.3 Å². The third-order valence-electron chi connectivity index (χ3n) is 2.92. The molecule has 1 saturated carbocycles. The van der Waals surface area contributed by atoms with Gasteiger partial charge in [0.05, 0.1) is 11.9 Å². The van der Waals surface area contributed by atoms with Crippen LogP contribution in [-0.4, -0.2) is 45.1 Å². The number of aliphatic hydroxyl groups is 1. The van der Waals surface area contributed by atoms with Gasteiger partial charge in [-0.25, -0.2) is 13.1 Å². The van der Waals surface area contributed by atoms with Gasteiger partial charge < -0.3 is 9.84 Å². The van der Waals surface area contributed by atoms with Crippen LogP contribution in [-0.2, 0) is 14.8 Å². The number of hydrogen-bond donors (Lipinski definition) is 2. The van der Waals surface area contributed by atoms with Crippen LogP contribution in [0.5, 0.6) is 0 Å². The van der Waals surface area contributed by atoms with Crippen molar-refractivity contribution >= 4 is 10.0 Å². The maximum Gasteiger partial charge on any atom is 0.214 e. The van der Waals surface area contributed by atoms with E-state index in [1.54, 1.807) is 0 Å². The van der Waals surface area contributed by atoms with Crippen molar-refractivity contribution in [2.24, 2.45) is 0 Å². The monoisotopic (exact) mass is 251 g/mol. The van der Waals surface area contributed by atoms with Gasteiger partial charge in [-0.2, -0.15) is 0 Å². The Morgan fingerprint density at radius 3 is 2.56 bits per heavy atom. The maximum atomic E-state index is 11.9. The van der Waals surface area contributed by atoms with Gasteiger partial charge in [-0.3, -0.25) is 0 Å². The predicted molar refractivity (Wildman–Crippen MR) is 61.7 cm³/mol. The second kappa shape index (κ2) is 6.54. The smallest absolute Gasteiger partial charge is 0.214 e. The molecule has 0 aromatic rings. The van der Waals surface area contributed by atoms with Crippen LogP contribution in [0.2, 0.25) is 0 Å². The summed E-state index contributed by atoms with van der Waals surface area (Å²) < 4.78 is 31.4. The lowest BCUT2D eigenvalue weighted by Crippen LogP contribution is -2.42. The lowest BCUT2D eigenvalue weighted by molar-refractivity contribution is 0.157. The van der Waals surface area contributed by atoms with Crippen LogP contribution < -0.4 is 4.72 Å². The fourth-order valence-electron chi connectivity index (χ4n) is 2.06. The zero-order chi connectivity index (χ0) is 12.0. The second-order valence-electron chi connectivity index (χ2n) is 4.23. The van der Waals surface area contributed by atoms with Gasteiger partial charge in [0, 0.05) is 19.8 Å². The Balaban J connectivity index is 2.54. The third kappa shape index (κ3) is 4.01. The van der Waals surface area contributed by atoms with Gasteiger partial charge in [-0.15, -0.1) is 0 Å². The average Bonchev–Trinajstić information content (AvgIpc) is 2.71. The number of ether oxygens (including phenoxy) is 1. The highest BCUT2D eigenvalue weighted by molar-refractivity contribution is 7.90. The molecule has 0 amide bonds. The van der Waals surface area contributed by atoms with Crippen molar-refractivity contribution in [1.29, 1.82) is 0 Å². The molecule has 1 aliphatic carbocycles. The van der Waals surface area contributed by atoms with E-state index in [0.717, 1.165) is 25.7 Å². The van der Waals surface area contributed by atoms with Gasteiger partial charge in [-0.1, -0.05) is 12.8 Å². The van der Waals surface area contributed by atoms with Gasteiger partial charge in [0.1, 0.15) is 0 Å². The molecule has 0 radical (unpaired) electrons. The molecule has 0 heterocycles. The van der Waals surface area contributed by atoms with E-state index in [1.165, 1.54) is 7.11 Å². The lowest BCUT2D eigenvalue weighted by Gasteiger charge is -2.19. The maximum absolute atomic E-state index is 11.9. The van der Waals surface area contributed by atoms with E-state index < -0.39 is 10.0 Å². The molecular formula is C10H21NO4S. The summed E-state index contributed by atoms with van der Waals surface area (Å²) in [7, 11) is -1.72. The number of hydrogen-bond acceptors (Lipinski definition) is 4. The van der Waals surface area contributed by atoms with Crippen molar-refractivity contribution in [3.8, 4) is 0 Å². The average molecular weight is 251 g/mol. The Morgan fingerprint density at radius 2 is 2.06 bits per heavy atom. The summed E-state index contributed by atoms with van der Waals surface area (Å²) in [4.78, 5) is 0. The van der Waals surface area contributed by atoms with E-state index in [2.05, 4.69) is 4.72 Å². The summed E-state index contributed by atoms with van der Waals surface area (Å²) in [5, 5.41) is 8.58. The molecule has 0 aromatic heterocycles. The third-order valence-corrected chi connectivity index (χ3v) is 4.93. The van der Waals surface area contributed by atoms with Crippen molar-refractivity contribution < 1.29 is 18.3 Å². The number of nitrogens with one attached hydrogen (secondary N) is 1. The Kier molecular flexibility index (Phi) is 5.68. The summed E-state index contributed by atoms with van der Waals surface area (Å²) >= 11 is 0. The van der Waals surface area contributed by atoms with Crippen LogP contribution in [0.4, 0.5) is 0 Å². The SMILES string of the molecule is COCC(CCO)NS(=O)(=O)C1CCCC1. The van der Waals surface area contributed by atoms with Crippen LogP contribution in [0.3, 0.4) is 0 Å². The highest BCUT2D eigenvalue weighted by atomic mass is 32.2. The summed E-state index contributed by atoms with van der Waals surface area (Å²) in [6, 6.07) is -0.319. The first kappa shape index (κ1) is 13.9. The first-order valence-corrected chi connectivity index (χ1v) is 7.25. The van der Waals surface area contributed by atoms with Gasteiger partial charge in [0.25, 0.3) is 0 Å². The Bertz CT molecular complexity index is 279. The predicted octanol–water partition coefficient (Wildman–Crippen LogP) is 0.246. The molecule has 5 nitrogen and oxygen atoms in total. The van der Waals surface area contributed by atoms with E-state index in [4.69, 9.17) is 9.84 Å². The van der Waals surface area contributed by atoms with Gasteiger partial charge >= 0.3 is 0 Å². The van der Waals surface area contributed by atoms with E-state index in [0.29, 0.717) is 13.0 Å². The molecule has 0 bridgehead atoms. The Labute approximate surface area is 97.2 Å². The van der Waals surface area contributed by atoms with Gasteiger partial charge in [0.2, 0.25) is 10.0 Å². The standard InChI is InChI=1S/C10H21NO4S/c1-15-8-9(6-7-12)11-16(13,14)10-4-2-3-5-10/h9-12H,2-8H2,1H3. The second-order valence-corrected chi connectivity index (χ2v) is 6.23. The number of sulfonamides is 1. The van der Waals surface area contributed by atoms with Gasteiger partial charge in [-0.05, 0) is 19.3 Å². The van der Waals surface area contributed by atoms with Crippen LogP contribution in [0.1, 0.15) is 32.1 Å². The summed E-state index contributed by atoms with van der Waals surface area (Å²) in [5.41, 5.74) is 0. The van der Waals surface area contributed by atoms with Crippen LogP contribution in [0.25, 0.3) is 0 Å². The highest BCUT2D eigenvalue weighted by Crippen LogP contribution is 2.24. The molecule has 1 unspecified atom stereocenters. The molecule has 2 N–H and O–H groups in total. The first-order chi connectivity index (χ1) is 7.60. The highest BCUT2D eigenvalue weighted by Gasteiger charge is 2.30. The van der Waals surface area contributed by atoms with Crippen molar-refractivity contribution in [3.63, 3.8) is 0 Å². The summed E-state index contributed by atoms with van der Waals surface area (Å²) in [6.07, 6.45) is 3.85. The molecule has 0 aromatic carbocycles. The largest absolute Gasteiger partial charge is 0.396 e. The Hall–Kier alpha value is -0.170. The van der Waals surface area contributed by atoms with Crippen LogP contribution in [0.15, 0.2) is 0 Å². The fourth-order valence-corrected chi connectivity index (χ4v) is 3.86. The van der Waals surface area contributed by atoms with Crippen LogP contribution >= 0.6 is 0 Å². The normalized spacial score (nSPS) is 20.1. The summed E-state index contributed by atoms with van der Waals surface area (Å²) in [6.45, 7) is 0.258. The quantitative estimate of drug-likeness (QED) is 0.680. The Morgan fingerprint density at radius 1 is 1.44 bits per heavy atom. The van der Waals surface area contributed by atoms with E-state index in [9.17, 15) is 8.42 Å². The zero-order valence-electron chi connectivity index (χ0n) is 9.68. The zero-order valence-corrected chi connectivity index (χ0v) is 10.5. The first-order valence-electron chi connectivity index (χ1n) is 5.71. The van der Waals surface area contributed by atoms with Crippen molar-refractivity contribution in [3.05, 3.63) is 0 Å². The van der Waals surface area contributed by atoms with E-state index >= 15 is 0 Å². The van der Waals surface area contributed by atoms with E-state index in [-0.39, 0.29) is 17.9 Å². The minimum absolute atomic E-state index is 0.0405. The molecule has 0 spiro atoms. The molecule has 0 saturated heterocycles. The molecular weight excluding hydrogens is 230 g/mol. The number of methoxy groups -OCH3 is 1. The molecule has 1 aliphatic rings.